The summed E-state index contributed by atoms with van der Waals surface area (Å²) in [5.41, 5.74) is 3.52. The Balaban J connectivity index is 0.00000264. The van der Waals surface area contributed by atoms with E-state index < -0.39 is 16.1 Å². The molecular weight excluding hydrogens is 668 g/mol. The number of ether oxygens (including phenoxy) is 1. The molecule has 1 fully saturated rings. The number of rotatable bonds is 9. The van der Waals surface area contributed by atoms with Crippen LogP contribution in [-0.2, 0) is 28.0 Å². The molecule has 2 heterocycles. The molecule has 44 heavy (non-hydrogen) atoms. The second kappa shape index (κ2) is 15.2. The Morgan fingerprint density at radius 3 is 2.59 bits per heavy atom. The van der Waals surface area contributed by atoms with Gasteiger partial charge in [-0.25, -0.2) is 13.4 Å². The first-order chi connectivity index (χ1) is 20.2. The summed E-state index contributed by atoms with van der Waals surface area (Å²) in [5.74, 6) is 5.32. The van der Waals surface area contributed by atoms with E-state index in [-0.39, 0.29) is 65.4 Å². The molecule has 3 aromatic carbocycles. The van der Waals surface area contributed by atoms with Gasteiger partial charge in [-0.1, -0.05) is 65.7 Å². The molecule has 0 radical (unpaired) electrons. The number of sulfonamides is 1. The number of halogens is 4. The Bertz CT molecular complexity index is 1770. The van der Waals surface area contributed by atoms with Crippen molar-refractivity contribution >= 4 is 81.1 Å². The number of nitrogens with two attached hydrogens (primary N) is 1. The lowest BCUT2D eigenvalue weighted by molar-refractivity contribution is -0.124. The zero-order valence-electron chi connectivity index (χ0n) is 23.6. The van der Waals surface area contributed by atoms with Gasteiger partial charge in [-0.05, 0) is 55.2 Å². The van der Waals surface area contributed by atoms with Gasteiger partial charge in [-0.15, -0.1) is 24.8 Å². The Morgan fingerprint density at radius 1 is 1.11 bits per heavy atom. The fourth-order valence-electron chi connectivity index (χ4n) is 4.92. The highest BCUT2D eigenvalue weighted by molar-refractivity contribution is 7.89. The highest BCUT2D eigenvalue weighted by Gasteiger charge is 2.40. The largest absolute Gasteiger partial charge is 0.487 e. The highest BCUT2D eigenvalue weighted by Crippen LogP contribution is 2.36. The van der Waals surface area contributed by atoms with Gasteiger partial charge in [0.05, 0.1) is 11.2 Å². The number of fused-ring (bicyclic) bond motifs is 1. The SMILES string of the molecule is Cc1ccc2cccc(OCc3c(Cl)ccc(S(=O)(=O)N4CCC[C@H]4C(=O)NCc4ccc(C=NN)cc4)c3Cl)c2n1.Cl.Cl. The van der Waals surface area contributed by atoms with Gasteiger partial charge in [0.2, 0.25) is 15.9 Å². The Hall–Kier alpha value is -3.12. The standard InChI is InChI=1S/C30H29Cl2N5O4S.2ClH/c1-19-7-12-22-4-2-6-26(29(22)36-19)41-18-23-24(31)13-14-27(28(23)32)42(39,40)37-15-3-5-25(37)30(38)34-16-20-8-10-21(11-9-20)17-35-33;;/h2,4,6-14,17,25H,3,5,15-16,18,33H2,1H3,(H,34,38);2*1H/t25-;;/m0../s1. The summed E-state index contributed by atoms with van der Waals surface area (Å²) in [7, 11) is -4.13. The number of aryl methyl sites for hydroxylation is 1. The van der Waals surface area contributed by atoms with E-state index in [1.54, 1.807) is 6.07 Å². The summed E-state index contributed by atoms with van der Waals surface area (Å²) in [4.78, 5) is 17.6. The minimum Gasteiger partial charge on any atom is -0.487 e. The topological polar surface area (TPSA) is 127 Å². The van der Waals surface area contributed by atoms with Crippen LogP contribution in [0, 0.1) is 6.92 Å². The van der Waals surface area contributed by atoms with Crippen LogP contribution in [0.3, 0.4) is 0 Å². The first-order valence-corrected chi connectivity index (χ1v) is 15.5. The molecule has 4 aromatic rings. The van der Waals surface area contributed by atoms with Crippen molar-refractivity contribution in [1.29, 1.82) is 0 Å². The molecule has 0 unspecified atom stereocenters. The third kappa shape index (κ3) is 7.56. The molecule has 3 N–H and O–H groups in total. The lowest BCUT2D eigenvalue weighted by Gasteiger charge is -2.24. The van der Waals surface area contributed by atoms with Crippen LogP contribution in [0.2, 0.25) is 10.0 Å². The number of benzene rings is 3. The summed E-state index contributed by atoms with van der Waals surface area (Å²) in [5, 5.41) is 7.47. The van der Waals surface area contributed by atoms with E-state index in [2.05, 4.69) is 15.4 Å². The summed E-state index contributed by atoms with van der Waals surface area (Å²) < 4.78 is 34.9. The molecule has 0 aliphatic carbocycles. The number of pyridine rings is 1. The van der Waals surface area contributed by atoms with Crippen molar-refractivity contribution in [1.82, 2.24) is 14.6 Å². The van der Waals surface area contributed by atoms with Crippen molar-refractivity contribution in [3.05, 3.63) is 99.2 Å². The molecule has 1 aliphatic heterocycles. The molecule has 5 rings (SSSR count). The average molecular weight is 699 g/mol. The highest BCUT2D eigenvalue weighted by atomic mass is 35.5. The first kappa shape index (κ1) is 35.4. The normalized spacial score (nSPS) is 15.1. The number of nitrogens with zero attached hydrogens (tertiary/aromatic N) is 3. The lowest BCUT2D eigenvalue weighted by Crippen LogP contribution is -2.45. The van der Waals surface area contributed by atoms with Gasteiger partial charge < -0.3 is 15.9 Å². The molecule has 9 nitrogen and oxygen atoms in total. The van der Waals surface area contributed by atoms with Gasteiger partial charge in [0.25, 0.3) is 0 Å². The number of nitrogens with one attached hydrogen (secondary N) is 1. The van der Waals surface area contributed by atoms with Crippen LogP contribution in [0.5, 0.6) is 5.75 Å². The van der Waals surface area contributed by atoms with Crippen molar-refractivity contribution in [3.8, 4) is 5.75 Å². The maximum Gasteiger partial charge on any atom is 0.245 e. The Kier molecular flexibility index (Phi) is 12.3. The molecule has 14 heteroatoms. The molecule has 0 saturated carbocycles. The molecule has 1 aromatic heterocycles. The van der Waals surface area contributed by atoms with Crippen LogP contribution >= 0.6 is 48.0 Å². The minimum absolute atomic E-state index is 0. The smallest absolute Gasteiger partial charge is 0.245 e. The molecular formula is C30H31Cl4N5O4S. The van der Waals surface area contributed by atoms with E-state index in [0.717, 1.165) is 22.2 Å². The Morgan fingerprint density at radius 2 is 1.86 bits per heavy atom. The van der Waals surface area contributed by atoms with Crippen LogP contribution in [0.4, 0.5) is 0 Å². The van der Waals surface area contributed by atoms with E-state index in [9.17, 15) is 13.2 Å². The van der Waals surface area contributed by atoms with E-state index in [1.807, 2.05) is 55.5 Å². The number of amides is 1. The summed E-state index contributed by atoms with van der Waals surface area (Å²) in [6.07, 6.45) is 2.45. The number of para-hydroxylation sites is 1. The Labute approximate surface area is 278 Å². The number of hydrogen-bond acceptors (Lipinski definition) is 7. The molecule has 0 spiro atoms. The van der Waals surface area contributed by atoms with Crippen LogP contribution in [0.1, 0.15) is 35.2 Å². The zero-order valence-corrected chi connectivity index (χ0v) is 27.5. The molecule has 1 saturated heterocycles. The summed E-state index contributed by atoms with van der Waals surface area (Å²) in [6, 6.07) is 18.7. The van der Waals surface area contributed by atoms with Crippen molar-refractivity contribution in [2.24, 2.45) is 10.9 Å². The van der Waals surface area contributed by atoms with Crippen molar-refractivity contribution in [2.75, 3.05) is 6.54 Å². The number of hydrazone groups is 1. The number of aromatic nitrogens is 1. The minimum atomic E-state index is -4.13. The second-order valence-corrected chi connectivity index (χ2v) is 12.6. The van der Waals surface area contributed by atoms with Crippen LogP contribution in [0.15, 0.2) is 76.7 Å². The third-order valence-electron chi connectivity index (χ3n) is 7.11. The quantitative estimate of drug-likeness (QED) is 0.125. The van der Waals surface area contributed by atoms with Crippen molar-refractivity contribution in [2.45, 2.75) is 43.9 Å². The molecule has 1 atom stereocenters. The molecule has 234 valence electrons. The van der Waals surface area contributed by atoms with Crippen molar-refractivity contribution < 1.29 is 17.9 Å². The van der Waals surface area contributed by atoms with Crippen LogP contribution in [-0.4, -0.2) is 42.4 Å². The van der Waals surface area contributed by atoms with Gasteiger partial charge in [-0.2, -0.15) is 9.41 Å². The van der Waals surface area contributed by atoms with E-state index in [4.69, 9.17) is 33.8 Å². The van der Waals surface area contributed by atoms with E-state index in [0.29, 0.717) is 29.7 Å². The van der Waals surface area contributed by atoms with Crippen LogP contribution in [0.25, 0.3) is 10.9 Å². The first-order valence-electron chi connectivity index (χ1n) is 13.3. The second-order valence-electron chi connectivity index (χ2n) is 9.92. The maximum atomic E-state index is 13.8. The molecule has 1 aliphatic rings. The predicted octanol–water partition coefficient (Wildman–Crippen LogP) is 6.03. The fraction of sp³-hybridized carbons (Fsp3) is 0.233. The third-order valence-corrected chi connectivity index (χ3v) is 9.96. The average Bonchev–Trinajstić information content (AvgIpc) is 3.48. The van der Waals surface area contributed by atoms with Crippen molar-refractivity contribution in [3.63, 3.8) is 0 Å². The number of hydrogen-bond donors (Lipinski definition) is 2. The number of carbonyl (C=O) groups excluding carboxylic acids is 1. The van der Waals surface area contributed by atoms with E-state index >= 15 is 0 Å². The monoisotopic (exact) mass is 697 g/mol. The van der Waals surface area contributed by atoms with E-state index in [1.165, 1.54) is 22.7 Å². The molecule has 1 amide bonds. The van der Waals surface area contributed by atoms with Crippen LogP contribution < -0.4 is 15.9 Å². The predicted molar refractivity (Wildman–Crippen MR) is 179 cm³/mol. The van der Waals surface area contributed by atoms with Gasteiger partial charge in [0.15, 0.2) is 0 Å². The zero-order chi connectivity index (χ0) is 29.9. The van der Waals surface area contributed by atoms with Gasteiger partial charge in [-0.3, -0.25) is 4.79 Å². The van der Waals surface area contributed by atoms with Gasteiger partial charge >= 0.3 is 0 Å². The number of carbonyl (C=O) groups is 1. The maximum absolute atomic E-state index is 13.8. The van der Waals surface area contributed by atoms with Gasteiger partial charge in [0, 0.05) is 34.8 Å². The van der Waals surface area contributed by atoms with Gasteiger partial charge in [0.1, 0.15) is 28.8 Å². The molecule has 0 bridgehead atoms. The summed E-state index contributed by atoms with van der Waals surface area (Å²) >= 11 is 13.1. The lowest BCUT2D eigenvalue weighted by atomic mass is 10.1. The fourth-order valence-corrected chi connectivity index (χ4v) is 7.44. The summed E-state index contributed by atoms with van der Waals surface area (Å²) in [6.45, 7) is 2.25.